The summed E-state index contributed by atoms with van der Waals surface area (Å²) >= 11 is 0. The molecule has 0 spiro atoms. The second kappa shape index (κ2) is 5.63. The molecule has 0 amide bonds. The summed E-state index contributed by atoms with van der Waals surface area (Å²) in [6.45, 7) is -0.194. The van der Waals surface area contributed by atoms with E-state index in [1.54, 1.807) is 24.3 Å². The summed E-state index contributed by atoms with van der Waals surface area (Å²) in [5.41, 5.74) is 7.42. The first-order chi connectivity index (χ1) is 9.61. The third-order valence-electron chi connectivity index (χ3n) is 3.20. The lowest BCUT2D eigenvalue weighted by atomic mass is 9.90. The van der Waals surface area contributed by atoms with Crippen molar-refractivity contribution < 1.29 is 19.1 Å². The predicted molar refractivity (Wildman–Crippen MR) is 69.4 cm³/mol. The molecule has 2 rings (SSSR count). The Bertz CT molecular complexity index is 578. The third-order valence-corrected chi connectivity index (χ3v) is 3.20. The Morgan fingerprint density at radius 3 is 2.70 bits per heavy atom. The smallest absolute Gasteiger partial charge is 0.306 e. The van der Waals surface area contributed by atoms with Crippen LogP contribution in [0, 0.1) is 0 Å². The molecule has 1 aromatic rings. The van der Waals surface area contributed by atoms with Crippen LogP contribution >= 0.6 is 0 Å². The number of nitrogens with zero attached hydrogens (tertiary/aromatic N) is 3. The summed E-state index contributed by atoms with van der Waals surface area (Å²) in [7, 11) is 1.53. The molecule has 0 N–H and O–H groups in total. The lowest BCUT2D eigenvalue weighted by Gasteiger charge is -2.24. The predicted octanol–water partition coefficient (Wildman–Crippen LogP) is 2.26. The minimum Gasteiger partial charge on any atom is -0.497 e. The van der Waals surface area contributed by atoms with Crippen LogP contribution in [0.3, 0.4) is 0 Å². The van der Waals surface area contributed by atoms with Crippen LogP contribution in [0.15, 0.2) is 29.4 Å². The van der Waals surface area contributed by atoms with Crippen LogP contribution in [0.5, 0.6) is 5.75 Å². The highest BCUT2D eigenvalue weighted by Gasteiger charge is 2.46. The van der Waals surface area contributed by atoms with E-state index in [4.69, 9.17) is 15.0 Å². The van der Waals surface area contributed by atoms with Crippen LogP contribution in [0.2, 0.25) is 0 Å². The zero-order valence-electron chi connectivity index (χ0n) is 10.9. The molecule has 7 heteroatoms. The lowest BCUT2D eigenvalue weighted by Crippen LogP contribution is -2.41. The molecule has 1 aliphatic heterocycles. The van der Waals surface area contributed by atoms with Crippen molar-refractivity contribution >= 4 is 11.8 Å². The number of rotatable bonds is 5. The largest absolute Gasteiger partial charge is 0.497 e. The van der Waals surface area contributed by atoms with Gasteiger partial charge in [0.1, 0.15) is 5.75 Å². The molecule has 7 nitrogen and oxygen atoms in total. The highest BCUT2D eigenvalue weighted by Crippen LogP contribution is 2.31. The number of carbonyl (C=O) groups excluding carboxylic acids is 2. The van der Waals surface area contributed by atoms with Gasteiger partial charge >= 0.3 is 5.97 Å². The number of methoxy groups -OCH3 is 1. The second-order valence-corrected chi connectivity index (χ2v) is 4.41. The summed E-state index contributed by atoms with van der Waals surface area (Å²) in [5, 5.41) is 3.40. The first kappa shape index (κ1) is 13.9. The van der Waals surface area contributed by atoms with Crippen LogP contribution in [0.25, 0.3) is 10.4 Å². The molecular formula is C13H13N3O4. The van der Waals surface area contributed by atoms with Crippen LogP contribution in [-0.4, -0.2) is 31.0 Å². The molecule has 1 aliphatic rings. The van der Waals surface area contributed by atoms with Crippen molar-refractivity contribution in [3.8, 4) is 5.75 Å². The van der Waals surface area contributed by atoms with Crippen molar-refractivity contribution in [1.29, 1.82) is 0 Å². The first-order valence-electron chi connectivity index (χ1n) is 6.03. The van der Waals surface area contributed by atoms with Crippen molar-refractivity contribution in [2.24, 2.45) is 5.11 Å². The van der Waals surface area contributed by atoms with E-state index >= 15 is 0 Å². The zero-order valence-corrected chi connectivity index (χ0v) is 10.9. The monoisotopic (exact) mass is 275 g/mol. The summed E-state index contributed by atoms with van der Waals surface area (Å²) in [5.74, 6) is -0.201. The molecule has 0 aliphatic carbocycles. The summed E-state index contributed by atoms with van der Waals surface area (Å²) < 4.78 is 10.2. The van der Waals surface area contributed by atoms with Crippen molar-refractivity contribution in [2.45, 2.75) is 18.4 Å². The average Bonchev–Trinajstić information content (AvgIpc) is 2.87. The second-order valence-electron chi connectivity index (χ2n) is 4.41. The third kappa shape index (κ3) is 2.57. The van der Waals surface area contributed by atoms with Gasteiger partial charge in [0.25, 0.3) is 0 Å². The fourth-order valence-electron chi connectivity index (χ4n) is 2.12. The first-order valence-corrected chi connectivity index (χ1v) is 6.03. The quantitative estimate of drug-likeness (QED) is 0.270. The fourth-order valence-corrected chi connectivity index (χ4v) is 2.12. The molecule has 1 atom stereocenters. The maximum Gasteiger partial charge on any atom is 0.306 e. The minimum atomic E-state index is -1.38. The minimum absolute atomic E-state index is 0.142. The van der Waals surface area contributed by atoms with Gasteiger partial charge in [-0.15, -0.1) is 0 Å². The van der Waals surface area contributed by atoms with Crippen molar-refractivity contribution in [3.05, 3.63) is 40.3 Å². The summed E-state index contributed by atoms with van der Waals surface area (Å²) in [4.78, 5) is 26.5. The summed E-state index contributed by atoms with van der Waals surface area (Å²) in [6.07, 6.45) is 0.360. The average molecular weight is 275 g/mol. The van der Waals surface area contributed by atoms with Gasteiger partial charge in [0.05, 0.1) is 13.7 Å². The number of cyclic esters (lactones) is 1. The molecule has 1 heterocycles. The molecule has 20 heavy (non-hydrogen) atoms. The van der Waals surface area contributed by atoms with Gasteiger partial charge in [-0.05, 0) is 29.8 Å². The molecule has 1 saturated heterocycles. The van der Waals surface area contributed by atoms with Crippen molar-refractivity contribution in [2.75, 3.05) is 13.7 Å². The Hall–Kier alpha value is -2.53. The van der Waals surface area contributed by atoms with Gasteiger partial charge in [-0.3, -0.25) is 9.59 Å². The van der Waals surface area contributed by atoms with E-state index in [1.807, 2.05) is 0 Å². The van der Waals surface area contributed by atoms with Gasteiger partial charge in [-0.2, -0.15) is 0 Å². The molecular weight excluding hydrogens is 262 g/mol. The maximum absolute atomic E-state index is 12.5. The van der Waals surface area contributed by atoms with Crippen molar-refractivity contribution in [3.63, 3.8) is 0 Å². The van der Waals surface area contributed by atoms with E-state index in [2.05, 4.69) is 10.0 Å². The van der Waals surface area contributed by atoms with Gasteiger partial charge in [-0.1, -0.05) is 5.11 Å². The van der Waals surface area contributed by atoms with Crippen LogP contribution in [0.4, 0.5) is 0 Å². The number of ketones is 1. The number of azide groups is 1. The molecule has 1 aromatic carbocycles. The van der Waals surface area contributed by atoms with E-state index in [0.29, 0.717) is 11.3 Å². The number of esters is 1. The Kier molecular flexibility index (Phi) is 3.91. The SMILES string of the molecule is COc1ccc(C(=O)[C@@]2(CN=[N+]=[N-])CCC(=O)O2)cc1. The van der Waals surface area contributed by atoms with E-state index in [1.165, 1.54) is 7.11 Å². The molecule has 0 bridgehead atoms. The van der Waals surface area contributed by atoms with E-state index in [0.717, 1.165) is 0 Å². The molecule has 104 valence electrons. The molecule has 0 aromatic heterocycles. The van der Waals surface area contributed by atoms with Gasteiger partial charge in [0.2, 0.25) is 5.78 Å². The number of Topliss-reactive ketones (excluding diaryl/α,β-unsaturated/α-hetero) is 1. The number of ether oxygens (including phenoxy) is 2. The van der Waals surface area contributed by atoms with Crippen LogP contribution < -0.4 is 4.74 Å². The lowest BCUT2D eigenvalue weighted by molar-refractivity contribution is -0.144. The highest BCUT2D eigenvalue weighted by atomic mass is 16.6. The van der Waals surface area contributed by atoms with Gasteiger partial charge in [0.15, 0.2) is 5.60 Å². The molecule has 0 saturated carbocycles. The molecule has 1 fully saturated rings. The Morgan fingerprint density at radius 1 is 1.50 bits per heavy atom. The molecule has 0 radical (unpaired) electrons. The Morgan fingerprint density at radius 2 is 2.20 bits per heavy atom. The number of hydrogen-bond acceptors (Lipinski definition) is 5. The van der Waals surface area contributed by atoms with Gasteiger partial charge in [0, 0.05) is 23.3 Å². The standard InChI is InChI=1S/C13H13N3O4/c1-19-10-4-2-9(3-5-10)12(18)13(8-15-16-14)7-6-11(17)20-13/h2-5H,6-8H2,1H3/t13-/m0/s1. The Labute approximate surface area is 115 Å². The number of hydrogen-bond donors (Lipinski definition) is 0. The topological polar surface area (TPSA) is 101 Å². The number of carbonyl (C=O) groups is 2. The van der Waals surface area contributed by atoms with Crippen LogP contribution in [0.1, 0.15) is 23.2 Å². The Balaban J connectivity index is 2.30. The van der Waals surface area contributed by atoms with Crippen LogP contribution in [-0.2, 0) is 9.53 Å². The zero-order chi connectivity index (χ0) is 14.6. The van der Waals surface area contributed by atoms with E-state index < -0.39 is 11.6 Å². The maximum atomic E-state index is 12.5. The van der Waals surface area contributed by atoms with E-state index in [9.17, 15) is 9.59 Å². The number of benzene rings is 1. The van der Waals surface area contributed by atoms with Gasteiger partial charge < -0.3 is 9.47 Å². The fraction of sp³-hybridized carbons (Fsp3) is 0.385. The summed E-state index contributed by atoms with van der Waals surface area (Å²) in [6, 6.07) is 6.47. The van der Waals surface area contributed by atoms with E-state index in [-0.39, 0.29) is 25.2 Å². The molecule has 0 unspecified atom stereocenters. The van der Waals surface area contributed by atoms with Crippen molar-refractivity contribution in [1.82, 2.24) is 0 Å². The normalized spacial score (nSPS) is 20.9. The highest BCUT2D eigenvalue weighted by molar-refractivity contribution is 6.05. The van der Waals surface area contributed by atoms with Gasteiger partial charge in [-0.25, -0.2) is 0 Å².